The quantitative estimate of drug-likeness (QED) is 0.595. The molecule has 0 atom stereocenters. The van der Waals surface area contributed by atoms with Gasteiger partial charge in [0.25, 0.3) is 0 Å². The third kappa shape index (κ3) is 2.49. The van der Waals surface area contributed by atoms with E-state index in [1.165, 1.54) is 18.9 Å². The van der Waals surface area contributed by atoms with Crippen molar-refractivity contribution in [3.05, 3.63) is 28.3 Å². The first-order valence-electron chi connectivity index (χ1n) is 5.88. The van der Waals surface area contributed by atoms with Crippen LogP contribution < -0.4 is 9.64 Å². The molecule has 1 aliphatic rings. The summed E-state index contributed by atoms with van der Waals surface area (Å²) in [5.74, 6) is 0.363. The number of rotatable bonds is 4. The second-order valence-corrected chi connectivity index (χ2v) is 4.04. The van der Waals surface area contributed by atoms with Crippen molar-refractivity contribution < 1.29 is 9.66 Å². The Balaban J connectivity index is 2.30. The van der Waals surface area contributed by atoms with Crippen LogP contribution in [0.1, 0.15) is 19.8 Å². The highest BCUT2D eigenvalue weighted by Gasteiger charge is 2.19. The zero-order valence-corrected chi connectivity index (χ0v) is 9.89. The third-order valence-corrected chi connectivity index (χ3v) is 2.91. The number of hydrogen-bond acceptors (Lipinski definition) is 4. The van der Waals surface area contributed by atoms with Crippen molar-refractivity contribution in [2.24, 2.45) is 0 Å². The maximum atomic E-state index is 10.8. The monoisotopic (exact) mass is 236 g/mol. The second kappa shape index (κ2) is 5.03. The summed E-state index contributed by atoms with van der Waals surface area (Å²) in [4.78, 5) is 12.7. The molecule has 1 aromatic rings. The predicted octanol–water partition coefficient (Wildman–Crippen LogP) is 2.59. The molecule has 0 aromatic heterocycles. The van der Waals surface area contributed by atoms with Gasteiger partial charge in [0.2, 0.25) is 0 Å². The molecule has 0 unspecified atom stereocenters. The van der Waals surface area contributed by atoms with Gasteiger partial charge in [0.05, 0.1) is 11.5 Å². The smallest absolute Gasteiger partial charge is 0.311 e. The summed E-state index contributed by atoms with van der Waals surface area (Å²) in [5, 5.41) is 10.8. The first-order valence-corrected chi connectivity index (χ1v) is 5.88. The zero-order valence-electron chi connectivity index (χ0n) is 9.89. The lowest BCUT2D eigenvalue weighted by atomic mass is 10.2. The highest BCUT2D eigenvalue weighted by Crippen LogP contribution is 2.32. The normalized spacial score (nSPS) is 15.0. The van der Waals surface area contributed by atoms with Gasteiger partial charge in [0, 0.05) is 30.9 Å². The molecule has 0 spiro atoms. The van der Waals surface area contributed by atoms with Gasteiger partial charge in [-0.05, 0) is 25.8 Å². The molecule has 2 rings (SSSR count). The fourth-order valence-electron chi connectivity index (χ4n) is 2.10. The van der Waals surface area contributed by atoms with Gasteiger partial charge in [0.15, 0.2) is 5.75 Å². The van der Waals surface area contributed by atoms with E-state index >= 15 is 0 Å². The molecule has 1 aliphatic heterocycles. The van der Waals surface area contributed by atoms with Crippen LogP contribution in [0.2, 0.25) is 0 Å². The molecule has 92 valence electrons. The largest absolute Gasteiger partial charge is 0.487 e. The summed E-state index contributed by atoms with van der Waals surface area (Å²) < 4.78 is 5.33. The van der Waals surface area contributed by atoms with Gasteiger partial charge in [-0.15, -0.1) is 0 Å². The Morgan fingerprint density at radius 1 is 1.41 bits per heavy atom. The SMILES string of the molecule is CCOc1cc(N2CCCC2)ccc1[N+](=O)[O-]. The Morgan fingerprint density at radius 3 is 2.71 bits per heavy atom. The van der Waals surface area contributed by atoms with Gasteiger partial charge in [0.1, 0.15) is 0 Å². The Labute approximate surface area is 100 Å². The molecule has 1 fully saturated rings. The topological polar surface area (TPSA) is 55.6 Å². The van der Waals surface area contributed by atoms with Crippen molar-refractivity contribution in [3.8, 4) is 5.75 Å². The number of anilines is 1. The van der Waals surface area contributed by atoms with Crippen molar-refractivity contribution in [3.63, 3.8) is 0 Å². The molecule has 5 heteroatoms. The summed E-state index contributed by atoms with van der Waals surface area (Å²) in [7, 11) is 0. The first-order chi connectivity index (χ1) is 8.22. The molecule has 0 saturated carbocycles. The van der Waals surface area contributed by atoms with Crippen LogP contribution in [0.25, 0.3) is 0 Å². The molecule has 5 nitrogen and oxygen atoms in total. The molecule has 0 N–H and O–H groups in total. The first kappa shape index (κ1) is 11.7. The minimum absolute atomic E-state index is 0.0368. The van der Waals surface area contributed by atoms with Crippen molar-refractivity contribution in [1.82, 2.24) is 0 Å². The average molecular weight is 236 g/mol. The summed E-state index contributed by atoms with van der Waals surface area (Å²) in [5.41, 5.74) is 1.05. The molecular formula is C12H16N2O3. The van der Waals surface area contributed by atoms with Gasteiger partial charge >= 0.3 is 5.69 Å². The van der Waals surface area contributed by atoms with Crippen molar-refractivity contribution in [2.75, 3.05) is 24.6 Å². The van der Waals surface area contributed by atoms with Crippen molar-refractivity contribution in [2.45, 2.75) is 19.8 Å². The number of nitrogens with zero attached hydrogens (tertiary/aromatic N) is 2. The number of benzene rings is 1. The lowest BCUT2D eigenvalue weighted by molar-refractivity contribution is -0.385. The number of ether oxygens (including phenoxy) is 1. The standard InChI is InChI=1S/C12H16N2O3/c1-2-17-12-9-10(13-7-3-4-8-13)5-6-11(12)14(15)16/h5-6,9H,2-4,7-8H2,1H3. The maximum absolute atomic E-state index is 10.8. The Morgan fingerprint density at radius 2 is 2.12 bits per heavy atom. The third-order valence-electron chi connectivity index (χ3n) is 2.91. The summed E-state index contributed by atoms with van der Waals surface area (Å²) in [6, 6.07) is 5.09. The molecule has 0 bridgehead atoms. The molecule has 17 heavy (non-hydrogen) atoms. The van der Waals surface area contributed by atoms with Crippen LogP contribution in [-0.2, 0) is 0 Å². The van der Waals surface area contributed by atoms with E-state index in [1.54, 1.807) is 12.1 Å². The summed E-state index contributed by atoms with van der Waals surface area (Å²) >= 11 is 0. The lowest BCUT2D eigenvalue weighted by Gasteiger charge is -2.18. The summed E-state index contributed by atoms with van der Waals surface area (Å²) in [6.07, 6.45) is 2.36. The van der Waals surface area contributed by atoms with E-state index in [1.807, 2.05) is 6.92 Å². The second-order valence-electron chi connectivity index (χ2n) is 4.04. The Kier molecular flexibility index (Phi) is 3.46. The molecule has 0 amide bonds. The number of nitro groups is 1. The van der Waals surface area contributed by atoms with E-state index in [-0.39, 0.29) is 5.69 Å². The summed E-state index contributed by atoms with van der Waals surface area (Å²) in [6.45, 7) is 4.29. The minimum atomic E-state index is -0.404. The van der Waals surface area contributed by atoms with Gasteiger partial charge in [-0.25, -0.2) is 0 Å². The van der Waals surface area contributed by atoms with E-state index in [9.17, 15) is 10.1 Å². The van der Waals surface area contributed by atoms with E-state index in [0.29, 0.717) is 12.4 Å². The molecule has 1 heterocycles. The Bertz CT molecular complexity index is 414. The Hall–Kier alpha value is -1.78. The highest BCUT2D eigenvalue weighted by molar-refractivity contribution is 5.59. The van der Waals surface area contributed by atoms with E-state index in [2.05, 4.69) is 4.90 Å². The minimum Gasteiger partial charge on any atom is -0.487 e. The molecular weight excluding hydrogens is 220 g/mol. The average Bonchev–Trinajstić information content (AvgIpc) is 2.82. The molecule has 0 radical (unpaired) electrons. The van der Waals surface area contributed by atoms with Crippen LogP contribution in [0.5, 0.6) is 5.75 Å². The number of nitro benzene ring substituents is 1. The van der Waals surface area contributed by atoms with E-state index < -0.39 is 4.92 Å². The van der Waals surface area contributed by atoms with E-state index in [0.717, 1.165) is 18.8 Å². The maximum Gasteiger partial charge on any atom is 0.311 e. The van der Waals surface area contributed by atoms with Gasteiger partial charge < -0.3 is 9.64 Å². The number of hydrogen-bond donors (Lipinski definition) is 0. The van der Waals surface area contributed by atoms with Crippen LogP contribution >= 0.6 is 0 Å². The predicted molar refractivity (Wildman–Crippen MR) is 65.7 cm³/mol. The van der Waals surface area contributed by atoms with Gasteiger partial charge in [-0.1, -0.05) is 0 Å². The van der Waals surface area contributed by atoms with Crippen LogP contribution in [0.15, 0.2) is 18.2 Å². The molecule has 0 aliphatic carbocycles. The molecule has 1 aromatic carbocycles. The van der Waals surface area contributed by atoms with Crippen LogP contribution in [-0.4, -0.2) is 24.6 Å². The fraction of sp³-hybridized carbons (Fsp3) is 0.500. The van der Waals surface area contributed by atoms with Gasteiger partial charge in [-0.2, -0.15) is 0 Å². The zero-order chi connectivity index (χ0) is 12.3. The van der Waals surface area contributed by atoms with Crippen LogP contribution in [0.4, 0.5) is 11.4 Å². The molecule has 1 saturated heterocycles. The lowest BCUT2D eigenvalue weighted by Crippen LogP contribution is -2.17. The fourth-order valence-corrected chi connectivity index (χ4v) is 2.10. The van der Waals surface area contributed by atoms with Crippen molar-refractivity contribution >= 4 is 11.4 Å². The van der Waals surface area contributed by atoms with Gasteiger partial charge in [-0.3, -0.25) is 10.1 Å². The van der Waals surface area contributed by atoms with Crippen LogP contribution in [0, 0.1) is 10.1 Å². The van der Waals surface area contributed by atoms with E-state index in [4.69, 9.17) is 4.74 Å². The highest BCUT2D eigenvalue weighted by atomic mass is 16.6. The van der Waals surface area contributed by atoms with Crippen LogP contribution in [0.3, 0.4) is 0 Å². The van der Waals surface area contributed by atoms with Crippen molar-refractivity contribution in [1.29, 1.82) is 0 Å².